The molecule has 2 rings (SSSR count). The van der Waals surface area contributed by atoms with Crippen LogP contribution < -0.4 is 5.32 Å². The highest BCUT2D eigenvalue weighted by atomic mass is 32.2. The van der Waals surface area contributed by atoms with Gasteiger partial charge in [0.2, 0.25) is 0 Å². The first-order valence-corrected chi connectivity index (χ1v) is 9.60. The molecule has 0 aromatic carbocycles. The molecule has 2 heterocycles. The van der Waals surface area contributed by atoms with Crippen molar-refractivity contribution in [1.82, 2.24) is 15.2 Å². The van der Waals surface area contributed by atoms with Crippen molar-refractivity contribution in [3.63, 3.8) is 0 Å². The number of nitrogens with zero attached hydrogens (tertiary/aromatic N) is 2. The fourth-order valence-electron chi connectivity index (χ4n) is 2.32. The van der Waals surface area contributed by atoms with Crippen molar-refractivity contribution >= 4 is 27.2 Å². The number of nitrogens with one attached hydrogen (secondary N) is 1. The monoisotopic (exact) mass is 331 g/mol. The predicted octanol–water partition coefficient (Wildman–Crippen LogP) is 1.13. The Hall–Kier alpha value is -1.15. The Morgan fingerprint density at radius 1 is 1.48 bits per heavy atom. The summed E-state index contributed by atoms with van der Waals surface area (Å²) in [5.41, 5.74) is 1.04. The van der Waals surface area contributed by atoms with Gasteiger partial charge >= 0.3 is 6.03 Å². The van der Waals surface area contributed by atoms with E-state index in [1.807, 2.05) is 13.8 Å². The van der Waals surface area contributed by atoms with Crippen LogP contribution in [0.1, 0.15) is 22.5 Å². The Morgan fingerprint density at radius 2 is 2.19 bits per heavy atom. The lowest BCUT2D eigenvalue weighted by Crippen LogP contribution is -2.53. The van der Waals surface area contributed by atoms with Crippen LogP contribution in [0.4, 0.5) is 4.79 Å². The second-order valence-electron chi connectivity index (χ2n) is 5.39. The van der Waals surface area contributed by atoms with Gasteiger partial charge in [-0.15, -0.1) is 11.3 Å². The Labute approximate surface area is 129 Å². The smallest absolute Gasteiger partial charge is 0.317 e. The number of amides is 2. The highest BCUT2D eigenvalue weighted by Gasteiger charge is 2.30. The van der Waals surface area contributed by atoms with Gasteiger partial charge in [-0.3, -0.25) is 0 Å². The molecule has 1 aliphatic heterocycles. The van der Waals surface area contributed by atoms with E-state index in [2.05, 4.69) is 10.3 Å². The number of carbonyl (C=O) groups excluding carboxylic acids is 1. The van der Waals surface area contributed by atoms with E-state index in [9.17, 15) is 13.2 Å². The van der Waals surface area contributed by atoms with Gasteiger partial charge in [0.1, 0.15) is 0 Å². The summed E-state index contributed by atoms with van der Waals surface area (Å²) >= 11 is 1.65. The fraction of sp³-hybridized carbons (Fsp3) is 0.692. The Kier molecular flexibility index (Phi) is 4.88. The van der Waals surface area contributed by atoms with E-state index in [-0.39, 0.29) is 30.1 Å². The summed E-state index contributed by atoms with van der Waals surface area (Å²) in [5, 5.41) is 3.86. The maximum Gasteiger partial charge on any atom is 0.317 e. The van der Waals surface area contributed by atoms with Gasteiger partial charge in [-0.05, 0) is 20.8 Å². The molecule has 2 amide bonds. The van der Waals surface area contributed by atoms with Gasteiger partial charge in [0, 0.05) is 30.4 Å². The molecule has 8 heteroatoms. The zero-order valence-electron chi connectivity index (χ0n) is 12.5. The molecule has 1 unspecified atom stereocenters. The molecule has 0 radical (unpaired) electrons. The minimum absolute atomic E-state index is 0.0469. The van der Waals surface area contributed by atoms with Gasteiger partial charge in [-0.2, -0.15) is 0 Å². The summed E-state index contributed by atoms with van der Waals surface area (Å²) < 4.78 is 23.0. The van der Waals surface area contributed by atoms with E-state index in [4.69, 9.17) is 0 Å². The van der Waals surface area contributed by atoms with E-state index in [0.717, 1.165) is 10.7 Å². The van der Waals surface area contributed by atoms with Crippen LogP contribution in [0.5, 0.6) is 0 Å². The van der Waals surface area contributed by atoms with E-state index in [1.165, 1.54) is 4.88 Å². The van der Waals surface area contributed by atoms with E-state index < -0.39 is 9.84 Å². The third kappa shape index (κ3) is 4.16. The zero-order valence-corrected chi connectivity index (χ0v) is 14.2. The highest BCUT2D eigenvalue weighted by Crippen LogP contribution is 2.16. The first-order chi connectivity index (χ1) is 9.78. The highest BCUT2D eigenvalue weighted by molar-refractivity contribution is 7.91. The van der Waals surface area contributed by atoms with Gasteiger partial charge in [-0.1, -0.05) is 0 Å². The van der Waals surface area contributed by atoms with Crippen LogP contribution in [-0.4, -0.2) is 55.0 Å². The number of aryl methyl sites for hydroxylation is 2. The summed E-state index contributed by atoms with van der Waals surface area (Å²) in [6.07, 6.45) is 0.700. The quantitative estimate of drug-likeness (QED) is 0.900. The number of sulfone groups is 1. The molecule has 1 N–H and O–H groups in total. The van der Waals surface area contributed by atoms with E-state index in [0.29, 0.717) is 13.0 Å². The van der Waals surface area contributed by atoms with Crippen LogP contribution in [-0.2, 0) is 16.3 Å². The average molecular weight is 331 g/mol. The lowest BCUT2D eigenvalue weighted by atomic mass is 10.3. The maximum absolute atomic E-state index is 12.1. The van der Waals surface area contributed by atoms with Crippen molar-refractivity contribution in [3.05, 3.63) is 15.6 Å². The predicted molar refractivity (Wildman–Crippen MR) is 83.5 cm³/mol. The van der Waals surface area contributed by atoms with Crippen molar-refractivity contribution in [2.24, 2.45) is 0 Å². The molecule has 1 aromatic rings. The summed E-state index contributed by atoms with van der Waals surface area (Å²) in [7, 11) is -2.99. The topological polar surface area (TPSA) is 79.4 Å². The number of rotatable bonds is 3. The van der Waals surface area contributed by atoms with Crippen LogP contribution in [0.2, 0.25) is 0 Å². The molecular formula is C13H21N3O3S2. The molecule has 0 spiro atoms. The van der Waals surface area contributed by atoms with Crippen LogP contribution in [0, 0.1) is 13.8 Å². The number of carbonyl (C=O) groups is 1. The summed E-state index contributed by atoms with van der Waals surface area (Å²) in [5.74, 6) is 0.0981. The molecular weight excluding hydrogens is 310 g/mol. The summed E-state index contributed by atoms with van der Waals surface area (Å²) in [4.78, 5) is 19.3. The maximum atomic E-state index is 12.1. The van der Waals surface area contributed by atoms with Crippen LogP contribution in [0.3, 0.4) is 0 Å². The fourth-order valence-corrected chi connectivity index (χ4v) is 4.81. The van der Waals surface area contributed by atoms with Gasteiger partial charge < -0.3 is 10.2 Å². The molecule has 1 aliphatic rings. The molecule has 1 saturated heterocycles. The Balaban J connectivity index is 1.82. The van der Waals surface area contributed by atoms with Gasteiger partial charge in [0.25, 0.3) is 0 Å². The number of hydrogen-bond acceptors (Lipinski definition) is 5. The average Bonchev–Trinajstić information content (AvgIpc) is 2.67. The second-order valence-corrected chi connectivity index (χ2v) is 8.90. The molecule has 0 bridgehead atoms. The first kappa shape index (κ1) is 16.2. The van der Waals surface area contributed by atoms with Crippen molar-refractivity contribution in [3.8, 4) is 0 Å². The molecule has 118 valence electrons. The Morgan fingerprint density at radius 3 is 2.76 bits per heavy atom. The lowest BCUT2D eigenvalue weighted by molar-refractivity contribution is 0.185. The zero-order chi connectivity index (χ0) is 15.6. The molecule has 1 atom stereocenters. The van der Waals surface area contributed by atoms with Crippen LogP contribution in [0.25, 0.3) is 0 Å². The number of thiazole rings is 1. The van der Waals surface area contributed by atoms with Crippen LogP contribution in [0.15, 0.2) is 0 Å². The normalized spacial score (nSPS) is 21.3. The minimum atomic E-state index is -2.99. The molecule has 21 heavy (non-hydrogen) atoms. The third-order valence-electron chi connectivity index (χ3n) is 3.62. The number of urea groups is 1. The van der Waals surface area contributed by atoms with Gasteiger partial charge in [0.05, 0.1) is 22.2 Å². The van der Waals surface area contributed by atoms with Gasteiger partial charge in [-0.25, -0.2) is 18.2 Å². The third-order valence-corrected chi connectivity index (χ3v) is 6.55. The molecule has 6 nitrogen and oxygen atoms in total. The van der Waals surface area contributed by atoms with Crippen molar-refractivity contribution in [2.45, 2.75) is 33.2 Å². The number of aromatic nitrogens is 1. The molecule has 0 aliphatic carbocycles. The van der Waals surface area contributed by atoms with Crippen molar-refractivity contribution in [1.29, 1.82) is 0 Å². The van der Waals surface area contributed by atoms with Gasteiger partial charge in [0.15, 0.2) is 9.84 Å². The standard InChI is InChI=1S/C13H21N3O3S2/c1-9-8-21(18,19)7-6-16(9)13(17)14-5-4-12-15-10(2)11(3)20-12/h9H,4-8H2,1-3H3,(H,14,17). The van der Waals surface area contributed by atoms with Crippen LogP contribution >= 0.6 is 11.3 Å². The SMILES string of the molecule is Cc1nc(CCNC(=O)N2CCS(=O)(=O)CC2C)sc1C. The largest absolute Gasteiger partial charge is 0.338 e. The van der Waals surface area contributed by atoms with Crippen molar-refractivity contribution in [2.75, 3.05) is 24.6 Å². The second kappa shape index (κ2) is 6.31. The summed E-state index contributed by atoms with van der Waals surface area (Å²) in [6.45, 7) is 6.56. The van der Waals surface area contributed by atoms with Crippen molar-refractivity contribution < 1.29 is 13.2 Å². The number of hydrogen-bond donors (Lipinski definition) is 1. The molecule has 1 fully saturated rings. The Bertz CT molecular complexity index is 605. The van der Waals surface area contributed by atoms with E-state index in [1.54, 1.807) is 23.2 Å². The molecule has 1 aromatic heterocycles. The molecule has 0 saturated carbocycles. The summed E-state index contributed by atoms with van der Waals surface area (Å²) in [6, 6.07) is -0.462. The minimum Gasteiger partial charge on any atom is -0.338 e. The lowest BCUT2D eigenvalue weighted by Gasteiger charge is -2.33. The first-order valence-electron chi connectivity index (χ1n) is 6.96. The van der Waals surface area contributed by atoms with E-state index >= 15 is 0 Å².